The molecule has 3 rings (SSSR count). The molecule has 0 aromatic heterocycles. The molecule has 4 nitrogen and oxygen atoms in total. The van der Waals surface area contributed by atoms with Crippen LogP contribution in [0.4, 0.5) is 22.7 Å². The molecule has 0 fully saturated rings. The fourth-order valence-corrected chi connectivity index (χ4v) is 3.03. The van der Waals surface area contributed by atoms with Crippen LogP contribution in [0.25, 0.3) is 0 Å². The number of nitrogens with zero attached hydrogens (tertiary/aromatic N) is 4. The summed E-state index contributed by atoms with van der Waals surface area (Å²) in [6.45, 7) is 8.14. The van der Waals surface area contributed by atoms with Gasteiger partial charge in [-0.2, -0.15) is 0 Å². The van der Waals surface area contributed by atoms with Gasteiger partial charge >= 0.3 is 0 Å². The smallest absolute Gasteiger partial charge is 0.0885 e. The summed E-state index contributed by atoms with van der Waals surface area (Å²) >= 11 is 0. The van der Waals surface area contributed by atoms with Gasteiger partial charge in [-0.15, -0.1) is 0 Å². The Balaban J connectivity index is 0.00000261. The normalized spacial score (nSPS) is 15.0. The summed E-state index contributed by atoms with van der Waals surface area (Å²) in [6, 6.07) is 16.0. The molecule has 0 bridgehead atoms. The minimum absolute atomic E-state index is 0. The number of benzene rings is 2. The van der Waals surface area contributed by atoms with Gasteiger partial charge < -0.3 is 0 Å². The first kappa shape index (κ1) is 20.9. The molecule has 141 valence electrons. The van der Waals surface area contributed by atoms with E-state index in [1.54, 1.807) is 0 Å². The molecule has 0 saturated carbocycles. The molecule has 0 spiro atoms. The molecule has 2 aromatic rings. The van der Waals surface area contributed by atoms with E-state index in [1.807, 2.05) is 76.2 Å². The zero-order valence-electron chi connectivity index (χ0n) is 16.2. The SMILES string of the molecule is CC1=Nc2ccccc2N=C(C)CC(C)=Nc2ccccc2N=C(C)C1.[Co]. The van der Waals surface area contributed by atoms with Gasteiger partial charge in [-0.3, -0.25) is 20.0 Å². The van der Waals surface area contributed by atoms with Gasteiger partial charge in [0.1, 0.15) is 0 Å². The van der Waals surface area contributed by atoms with Gasteiger partial charge in [-0.25, -0.2) is 0 Å². The average molecular weight is 403 g/mol. The van der Waals surface area contributed by atoms with Gasteiger partial charge in [0.05, 0.1) is 22.7 Å². The first-order valence-corrected chi connectivity index (χ1v) is 8.86. The topological polar surface area (TPSA) is 49.4 Å². The maximum absolute atomic E-state index is 4.79. The van der Waals surface area contributed by atoms with Gasteiger partial charge in [0, 0.05) is 52.5 Å². The molecular formula is C22H24CoN4. The van der Waals surface area contributed by atoms with Crippen LogP contribution in [0.3, 0.4) is 0 Å². The Kier molecular flexibility index (Phi) is 7.39. The van der Waals surface area contributed by atoms with E-state index in [0.717, 1.165) is 45.6 Å². The number of hydrogen-bond donors (Lipinski definition) is 0. The minimum atomic E-state index is 0. The summed E-state index contributed by atoms with van der Waals surface area (Å²) < 4.78 is 0. The molecule has 5 heteroatoms. The summed E-state index contributed by atoms with van der Waals surface area (Å²) in [5, 5.41) is 0. The molecule has 0 saturated heterocycles. The van der Waals surface area contributed by atoms with Crippen LogP contribution in [0, 0.1) is 0 Å². The van der Waals surface area contributed by atoms with Crippen LogP contribution in [-0.2, 0) is 16.8 Å². The zero-order valence-corrected chi connectivity index (χ0v) is 17.2. The number of hydrogen-bond acceptors (Lipinski definition) is 4. The van der Waals surface area contributed by atoms with Gasteiger partial charge in [-0.1, -0.05) is 24.3 Å². The molecule has 0 unspecified atom stereocenters. The second kappa shape index (κ2) is 9.53. The second-order valence-corrected chi connectivity index (χ2v) is 6.72. The van der Waals surface area contributed by atoms with Gasteiger partial charge in [0.15, 0.2) is 0 Å². The third-order valence-corrected chi connectivity index (χ3v) is 4.03. The van der Waals surface area contributed by atoms with Gasteiger partial charge in [0.25, 0.3) is 0 Å². The third-order valence-electron chi connectivity index (χ3n) is 4.03. The zero-order chi connectivity index (χ0) is 18.5. The molecule has 0 amide bonds. The molecule has 27 heavy (non-hydrogen) atoms. The molecule has 1 aliphatic heterocycles. The van der Waals surface area contributed by atoms with E-state index in [9.17, 15) is 0 Å². The van der Waals surface area contributed by atoms with Crippen molar-refractivity contribution in [3.8, 4) is 0 Å². The minimum Gasteiger partial charge on any atom is -0.255 e. The van der Waals surface area contributed by atoms with E-state index in [0.29, 0.717) is 12.8 Å². The van der Waals surface area contributed by atoms with Crippen molar-refractivity contribution in [1.29, 1.82) is 0 Å². The molecule has 1 aliphatic rings. The summed E-state index contributed by atoms with van der Waals surface area (Å²) in [5.74, 6) is 0. The Labute approximate surface area is 171 Å². The molecule has 1 heterocycles. The predicted molar refractivity (Wildman–Crippen MR) is 113 cm³/mol. The number of para-hydroxylation sites is 4. The van der Waals surface area contributed by atoms with E-state index in [4.69, 9.17) is 20.0 Å². The fourth-order valence-electron chi connectivity index (χ4n) is 3.03. The maximum Gasteiger partial charge on any atom is 0.0885 e. The van der Waals surface area contributed by atoms with Crippen molar-refractivity contribution in [3.63, 3.8) is 0 Å². The summed E-state index contributed by atoms with van der Waals surface area (Å²) in [6.07, 6.45) is 1.43. The fraction of sp³-hybridized carbons (Fsp3) is 0.273. The Hall–Kier alpha value is -2.37. The standard InChI is InChI=1S/C22H24N4.Co/c1-15-13-16(2)24-21-11-7-8-12-22(21)26-18(4)14-17(3)25-20-10-6-5-9-19(20)23-15;/h5-12H,13-14H2,1-4H3;. The summed E-state index contributed by atoms with van der Waals surface area (Å²) in [7, 11) is 0. The largest absolute Gasteiger partial charge is 0.255 e. The van der Waals surface area contributed by atoms with E-state index in [-0.39, 0.29) is 16.8 Å². The van der Waals surface area contributed by atoms with Crippen LogP contribution >= 0.6 is 0 Å². The molecular weight excluding hydrogens is 379 g/mol. The summed E-state index contributed by atoms with van der Waals surface area (Å²) in [4.78, 5) is 19.1. The first-order valence-electron chi connectivity index (χ1n) is 8.86. The monoisotopic (exact) mass is 403 g/mol. The number of fused-ring (bicyclic) bond motifs is 2. The van der Waals surface area contributed by atoms with Crippen molar-refractivity contribution in [2.45, 2.75) is 40.5 Å². The van der Waals surface area contributed by atoms with E-state index in [1.165, 1.54) is 0 Å². The van der Waals surface area contributed by atoms with E-state index in [2.05, 4.69) is 0 Å². The molecule has 0 N–H and O–H groups in total. The van der Waals surface area contributed by atoms with Crippen molar-refractivity contribution >= 4 is 45.6 Å². The van der Waals surface area contributed by atoms with E-state index < -0.39 is 0 Å². The van der Waals surface area contributed by atoms with Crippen LogP contribution in [0.2, 0.25) is 0 Å². The van der Waals surface area contributed by atoms with Crippen molar-refractivity contribution < 1.29 is 16.8 Å². The Bertz CT molecular complexity index is 787. The quantitative estimate of drug-likeness (QED) is 0.479. The maximum atomic E-state index is 4.79. The van der Waals surface area contributed by atoms with Crippen LogP contribution in [0.1, 0.15) is 40.5 Å². The molecule has 0 aliphatic carbocycles. The van der Waals surface area contributed by atoms with Crippen LogP contribution in [-0.4, -0.2) is 22.8 Å². The Morgan fingerprint density at radius 3 is 0.926 bits per heavy atom. The van der Waals surface area contributed by atoms with Crippen molar-refractivity contribution in [1.82, 2.24) is 0 Å². The predicted octanol–water partition coefficient (Wildman–Crippen LogP) is 6.55. The van der Waals surface area contributed by atoms with Crippen LogP contribution in [0.15, 0.2) is 68.5 Å². The van der Waals surface area contributed by atoms with Gasteiger partial charge in [-0.05, 0) is 52.0 Å². The first-order chi connectivity index (χ1) is 12.5. The van der Waals surface area contributed by atoms with Crippen molar-refractivity contribution in [3.05, 3.63) is 48.5 Å². The Morgan fingerprint density at radius 2 is 0.704 bits per heavy atom. The molecule has 2 aromatic carbocycles. The van der Waals surface area contributed by atoms with Crippen molar-refractivity contribution in [2.75, 3.05) is 0 Å². The Morgan fingerprint density at radius 1 is 0.481 bits per heavy atom. The number of rotatable bonds is 0. The number of aliphatic imine (C=N–C) groups is 4. The van der Waals surface area contributed by atoms with Crippen LogP contribution < -0.4 is 0 Å². The molecule has 1 radical (unpaired) electrons. The van der Waals surface area contributed by atoms with Gasteiger partial charge in [0.2, 0.25) is 0 Å². The second-order valence-electron chi connectivity index (χ2n) is 6.72. The summed E-state index contributed by atoms with van der Waals surface area (Å²) in [5.41, 5.74) is 7.63. The van der Waals surface area contributed by atoms with Crippen molar-refractivity contribution in [2.24, 2.45) is 20.0 Å². The molecule has 0 atom stereocenters. The average Bonchev–Trinajstić information content (AvgIpc) is 2.57. The third kappa shape index (κ3) is 5.81. The van der Waals surface area contributed by atoms with Crippen LogP contribution in [0.5, 0.6) is 0 Å². The van der Waals surface area contributed by atoms with E-state index >= 15 is 0 Å².